The molecule has 2 heteroatoms. The standard InChI is InChI=1S/C10H10O2.C2H6/c1-7(11)8-2-3-10-9(6-8)4-5-12-10;1-2/h2-3,6H,4-5H2,1H3;1-2H3. The third-order valence-electron chi connectivity index (χ3n) is 2.10. The van der Waals surface area contributed by atoms with Gasteiger partial charge in [-0.3, -0.25) is 4.79 Å². The maximum Gasteiger partial charge on any atom is 0.159 e. The van der Waals surface area contributed by atoms with Gasteiger partial charge in [0.05, 0.1) is 6.61 Å². The van der Waals surface area contributed by atoms with Gasteiger partial charge < -0.3 is 4.74 Å². The first-order valence-corrected chi connectivity index (χ1v) is 5.04. The zero-order chi connectivity index (χ0) is 10.6. The molecule has 0 atom stereocenters. The Balaban J connectivity index is 0.000000461. The number of fused-ring (bicyclic) bond motifs is 1. The molecule has 1 aromatic rings. The van der Waals surface area contributed by atoms with E-state index in [2.05, 4.69) is 0 Å². The predicted molar refractivity (Wildman–Crippen MR) is 57.0 cm³/mol. The average Bonchev–Trinajstić information content (AvgIpc) is 2.67. The van der Waals surface area contributed by atoms with Gasteiger partial charge in [-0.25, -0.2) is 0 Å². The van der Waals surface area contributed by atoms with Crippen LogP contribution in [0.25, 0.3) is 0 Å². The predicted octanol–water partition coefficient (Wildman–Crippen LogP) is 2.85. The molecule has 0 N–H and O–H groups in total. The zero-order valence-electron chi connectivity index (χ0n) is 8.96. The number of hydrogen-bond acceptors (Lipinski definition) is 2. The van der Waals surface area contributed by atoms with Gasteiger partial charge >= 0.3 is 0 Å². The number of hydrogen-bond donors (Lipinski definition) is 0. The number of carbonyl (C=O) groups excluding carboxylic acids is 1. The molecule has 0 amide bonds. The Kier molecular flexibility index (Phi) is 3.69. The number of carbonyl (C=O) groups is 1. The molecule has 2 nitrogen and oxygen atoms in total. The van der Waals surface area contributed by atoms with Crippen LogP contribution < -0.4 is 4.74 Å². The molecular weight excluding hydrogens is 176 g/mol. The summed E-state index contributed by atoms with van der Waals surface area (Å²) in [5, 5.41) is 0. The smallest absolute Gasteiger partial charge is 0.159 e. The summed E-state index contributed by atoms with van der Waals surface area (Å²) in [6, 6.07) is 5.61. The van der Waals surface area contributed by atoms with E-state index in [4.69, 9.17) is 4.74 Å². The number of rotatable bonds is 1. The lowest BCUT2D eigenvalue weighted by Crippen LogP contribution is -1.92. The highest BCUT2D eigenvalue weighted by Crippen LogP contribution is 2.25. The Morgan fingerprint density at radius 3 is 2.71 bits per heavy atom. The van der Waals surface area contributed by atoms with Crippen LogP contribution in [0.15, 0.2) is 18.2 Å². The van der Waals surface area contributed by atoms with E-state index < -0.39 is 0 Å². The average molecular weight is 192 g/mol. The lowest BCUT2D eigenvalue weighted by molar-refractivity contribution is 0.101. The number of benzene rings is 1. The molecule has 0 fully saturated rings. The van der Waals surface area contributed by atoms with Gasteiger partial charge in [0.15, 0.2) is 5.78 Å². The molecule has 1 heterocycles. The van der Waals surface area contributed by atoms with Crippen molar-refractivity contribution in [1.82, 2.24) is 0 Å². The molecule has 0 saturated heterocycles. The molecule has 76 valence electrons. The van der Waals surface area contributed by atoms with Crippen molar-refractivity contribution in [2.24, 2.45) is 0 Å². The largest absolute Gasteiger partial charge is 0.493 e. The van der Waals surface area contributed by atoms with E-state index in [1.807, 2.05) is 32.0 Å². The minimum absolute atomic E-state index is 0.115. The summed E-state index contributed by atoms with van der Waals surface area (Å²) >= 11 is 0. The van der Waals surface area contributed by atoms with Crippen molar-refractivity contribution in [3.8, 4) is 5.75 Å². The van der Waals surface area contributed by atoms with Gasteiger partial charge in [-0.05, 0) is 30.7 Å². The molecule has 1 aliphatic rings. The van der Waals surface area contributed by atoms with Crippen LogP contribution in [0.5, 0.6) is 5.75 Å². The van der Waals surface area contributed by atoms with Gasteiger partial charge in [-0.2, -0.15) is 0 Å². The van der Waals surface area contributed by atoms with Crippen LogP contribution in [-0.4, -0.2) is 12.4 Å². The molecule has 0 bridgehead atoms. The quantitative estimate of drug-likeness (QED) is 0.639. The molecule has 14 heavy (non-hydrogen) atoms. The number of ether oxygens (including phenoxy) is 1. The molecule has 0 aliphatic carbocycles. The second-order valence-electron chi connectivity index (χ2n) is 2.98. The van der Waals surface area contributed by atoms with E-state index in [0.29, 0.717) is 0 Å². The van der Waals surface area contributed by atoms with E-state index in [0.717, 1.165) is 29.9 Å². The molecule has 1 aromatic carbocycles. The highest BCUT2D eigenvalue weighted by molar-refractivity contribution is 5.94. The fraction of sp³-hybridized carbons (Fsp3) is 0.417. The first kappa shape index (κ1) is 10.8. The molecule has 0 unspecified atom stereocenters. The van der Waals surface area contributed by atoms with Crippen LogP contribution in [0.1, 0.15) is 36.7 Å². The van der Waals surface area contributed by atoms with E-state index in [1.165, 1.54) is 0 Å². The normalized spacial score (nSPS) is 12.2. The summed E-state index contributed by atoms with van der Waals surface area (Å²) in [4.78, 5) is 11.0. The molecule has 0 radical (unpaired) electrons. The Bertz CT molecular complexity index is 329. The Labute approximate surface area is 84.9 Å². The molecule has 2 rings (SSSR count). The number of ketones is 1. The SMILES string of the molecule is CC.CC(=O)c1ccc2c(c1)CCO2. The van der Waals surface area contributed by atoms with Crippen LogP contribution in [0, 0.1) is 0 Å². The Hall–Kier alpha value is -1.31. The van der Waals surface area contributed by atoms with Crippen LogP contribution in [0.3, 0.4) is 0 Å². The Morgan fingerprint density at radius 2 is 2.07 bits per heavy atom. The molecular formula is C12H16O2. The zero-order valence-corrected chi connectivity index (χ0v) is 8.96. The molecule has 0 aromatic heterocycles. The molecule has 0 saturated carbocycles. The minimum Gasteiger partial charge on any atom is -0.493 e. The summed E-state index contributed by atoms with van der Waals surface area (Å²) < 4.78 is 5.32. The van der Waals surface area contributed by atoms with Crippen LogP contribution >= 0.6 is 0 Å². The highest BCUT2D eigenvalue weighted by Gasteiger charge is 2.12. The summed E-state index contributed by atoms with van der Waals surface area (Å²) in [6.07, 6.45) is 0.927. The summed E-state index contributed by atoms with van der Waals surface area (Å²) in [5.41, 5.74) is 1.93. The lowest BCUT2D eigenvalue weighted by atomic mass is 10.1. The fourth-order valence-electron chi connectivity index (χ4n) is 1.41. The first-order chi connectivity index (χ1) is 6.77. The molecule has 0 spiro atoms. The van der Waals surface area contributed by atoms with E-state index in [1.54, 1.807) is 6.92 Å². The van der Waals surface area contributed by atoms with Crippen molar-refractivity contribution < 1.29 is 9.53 Å². The van der Waals surface area contributed by atoms with E-state index >= 15 is 0 Å². The van der Waals surface area contributed by atoms with Gasteiger partial charge in [-0.1, -0.05) is 13.8 Å². The van der Waals surface area contributed by atoms with E-state index in [-0.39, 0.29) is 5.78 Å². The van der Waals surface area contributed by atoms with Crippen molar-refractivity contribution in [1.29, 1.82) is 0 Å². The van der Waals surface area contributed by atoms with Crippen molar-refractivity contribution in [3.63, 3.8) is 0 Å². The maximum absolute atomic E-state index is 11.0. The second-order valence-corrected chi connectivity index (χ2v) is 2.98. The van der Waals surface area contributed by atoms with Crippen molar-refractivity contribution in [3.05, 3.63) is 29.3 Å². The first-order valence-electron chi connectivity index (χ1n) is 5.04. The lowest BCUT2D eigenvalue weighted by Gasteiger charge is -1.99. The second kappa shape index (κ2) is 4.80. The van der Waals surface area contributed by atoms with Crippen molar-refractivity contribution in [2.45, 2.75) is 27.2 Å². The fourth-order valence-corrected chi connectivity index (χ4v) is 1.41. The van der Waals surface area contributed by atoms with Crippen molar-refractivity contribution >= 4 is 5.78 Å². The van der Waals surface area contributed by atoms with Crippen molar-refractivity contribution in [2.75, 3.05) is 6.61 Å². The maximum atomic E-state index is 11.0. The number of Topliss-reactive ketones (excluding diaryl/α,β-unsaturated/α-hetero) is 1. The van der Waals surface area contributed by atoms with Crippen LogP contribution in [-0.2, 0) is 6.42 Å². The van der Waals surface area contributed by atoms with Gasteiger partial charge in [0, 0.05) is 12.0 Å². The Morgan fingerprint density at radius 1 is 1.36 bits per heavy atom. The summed E-state index contributed by atoms with van der Waals surface area (Å²) in [6.45, 7) is 6.33. The third kappa shape index (κ3) is 2.13. The van der Waals surface area contributed by atoms with Crippen LogP contribution in [0.2, 0.25) is 0 Å². The summed E-state index contributed by atoms with van der Waals surface area (Å²) in [5.74, 6) is 1.05. The highest BCUT2D eigenvalue weighted by atomic mass is 16.5. The van der Waals surface area contributed by atoms with Crippen LogP contribution in [0.4, 0.5) is 0 Å². The van der Waals surface area contributed by atoms with E-state index in [9.17, 15) is 4.79 Å². The minimum atomic E-state index is 0.115. The van der Waals surface area contributed by atoms with Gasteiger partial charge in [0.25, 0.3) is 0 Å². The van der Waals surface area contributed by atoms with Gasteiger partial charge in [0.1, 0.15) is 5.75 Å². The third-order valence-corrected chi connectivity index (χ3v) is 2.10. The van der Waals surface area contributed by atoms with Gasteiger partial charge in [0.2, 0.25) is 0 Å². The molecule has 1 aliphatic heterocycles. The summed E-state index contributed by atoms with van der Waals surface area (Å²) in [7, 11) is 0. The van der Waals surface area contributed by atoms with Gasteiger partial charge in [-0.15, -0.1) is 0 Å². The monoisotopic (exact) mass is 192 g/mol. The topological polar surface area (TPSA) is 26.3 Å².